The first kappa shape index (κ1) is 23.9. The van der Waals surface area contributed by atoms with Crippen LogP contribution in [-0.2, 0) is 16.4 Å². The summed E-state index contributed by atoms with van der Waals surface area (Å²) in [4.78, 5) is 9.95. The number of nitro groups is 1. The molecule has 3 atom stereocenters. The maximum Gasteiger partial charge on any atom is 0.269 e. The molecule has 0 fully saturated rings. The lowest BCUT2D eigenvalue weighted by atomic mass is 9.92. The van der Waals surface area contributed by atoms with Gasteiger partial charge in [0.2, 0.25) is 10.0 Å². The molecular formula is C20H27N3O6S. The first-order chi connectivity index (χ1) is 14.2. The molecular weight excluding hydrogens is 410 g/mol. The van der Waals surface area contributed by atoms with Gasteiger partial charge >= 0.3 is 0 Å². The molecule has 2 aromatic rings. The normalized spacial score (nSPS) is 14.8. The van der Waals surface area contributed by atoms with Crippen LogP contribution in [0.5, 0.6) is 0 Å². The Morgan fingerprint density at radius 2 is 1.70 bits per heavy atom. The molecule has 0 amide bonds. The number of hydrogen-bond donors (Lipinski definition) is 4. The Bertz CT molecular complexity index is 906. The van der Waals surface area contributed by atoms with Gasteiger partial charge in [-0.3, -0.25) is 15.4 Å². The van der Waals surface area contributed by atoms with Crippen molar-refractivity contribution >= 4 is 15.7 Å². The lowest BCUT2D eigenvalue weighted by Gasteiger charge is -2.26. The van der Waals surface area contributed by atoms with E-state index >= 15 is 0 Å². The third kappa shape index (κ3) is 7.15. The van der Waals surface area contributed by atoms with Crippen LogP contribution in [-0.4, -0.2) is 49.0 Å². The standard InChI is InChI=1S/C20H27N3O6S/c1-2-21-20(25)16(12-15-6-4-3-5-7-15)13-18(24)14-22-30(28,29)19-10-8-17(9-11-19)23(26)27/h3-11,16,18,20-22,24-25H,2,12-14H2,1H3/t16-,18-,20?/m0/s1. The van der Waals surface area contributed by atoms with Gasteiger partial charge in [0.25, 0.3) is 5.69 Å². The van der Waals surface area contributed by atoms with E-state index in [4.69, 9.17) is 0 Å². The largest absolute Gasteiger partial charge is 0.392 e. The monoisotopic (exact) mass is 437 g/mol. The van der Waals surface area contributed by atoms with Crippen molar-refractivity contribution in [3.8, 4) is 0 Å². The van der Waals surface area contributed by atoms with Crippen LogP contribution in [0.4, 0.5) is 5.69 Å². The molecule has 30 heavy (non-hydrogen) atoms. The predicted molar refractivity (Wildman–Crippen MR) is 112 cm³/mol. The lowest BCUT2D eigenvalue weighted by Crippen LogP contribution is -2.41. The van der Waals surface area contributed by atoms with Crippen molar-refractivity contribution in [2.75, 3.05) is 13.1 Å². The van der Waals surface area contributed by atoms with Gasteiger partial charge in [-0.25, -0.2) is 13.1 Å². The summed E-state index contributed by atoms with van der Waals surface area (Å²) in [5, 5.41) is 34.4. The van der Waals surface area contributed by atoms with E-state index in [1.54, 1.807) is 0 Å². The van der Waals surface area contributed by atoms with E-state index in [0.29, 0.717) is 13.0 Å². The van der Waals surface area contributed by atoms with E-state index in [1.807, 2.05) is 37.3 Å². The molecule has 10 heteroatoms. The summed E-state index contributed by atoms with van der Waals surface area (Å²) in [6.07, 6.45) is -1.19. The molecule has 0 heterocycles. The van der Waals surface area contributed by atoms with E-state index in [1.165, 1.54) is 0 Å². The second-order valence-corrected chi connectivity index (χ2v) is 8.71. The molecule has 0 radical (unpaired) electrons. The number of non-ortho nitro benzene ring substituents is 1. The van der Waals surface area contributed by atoms with Gasteiger partial charge in [0.15, 0.2) is 0 Å². The summed E-state index contributed by atoms with van der Waals surface area (Å²) in [6.45, 7) is 2.16. The second-order valence-electron chi connectivity index (χ2n) is 6.94. The van der Waals surface area contributed by atoms with Gasteiger partial charge in [0.05, 0.1) is 15.9 Å². The van der Waals surface area contributed by atoms with Crippen molar-refractivity contribution in [2.24, 2.45) is 5.92 Å². The van der Waals surface area contributed by atoms with E-state index < -0.39 is 27.3 Å². The van der Waals surface area contributed by atoms with Crippen LogP contribution in [0.2, 0.25) is 0 Å². The third-order valence-electron chi connectivity index (χ3n) is 4.64. The third-order valence-corrected chi connectivity index (χ3v) is 6.08. The van der Waals surface area contributed by atoms with Crippen LogP contribution in [0.15, 0.2) is 59.5 Å². The van der Waals surface area contributed by atoms with Gasteiger partial charge in [-0.05, 0) is 37.1 Å². The molecule has 2 rings (SSSR count). The highest BCUT2D eigenvalue weighted by Gasteiger charge is 2.24. The summed E-state index contributed by atoms with van der Waals surface area (Å²) in [6, 6.07) is 14.0. The van der Waals surface area contributed by atoms with E-state index in [9.17, 15) is 28.7 Å². The molecule has 164 valence electrons. The first-order valence-electron chi connectivity index (χ1n) is 9.60. The Hall–Kier alpha value is -2.37. The zero-order valence-corrected chi connectivity index (χ0v) is 17.5. The van der Waals surface area contributed by atoms with Gasteiger partial charge in [-0.1, -0.05) is 37.3 Å². The fourth-order valence-electron chi connectivity index (χ4n) is 3.09. The van der Waals surface area contributed by atoms with Gasteiger partial charge in [0.1, 0.15) is 6.23 Å². The molecule has 9 nitrogen and oxygen atoms in total. The minimum absolute atomic E-state index is 0.131. The first-order valence-corrected chi connectivity index (χ1v) is 11.1. The number of rotatable bonds is 12. The van der Waals surface area contributed by atoms with Crippen molar-refractivity contribution in [1.82, 2.24) is 10.0 Å². The van der Waals surface area contributed by atoms with E-state index in [2.05, 4.69) is 10.0 Å². The van der Waals surface area contributed by atoms with Gasteiger partial charge < -0.3 is 10.2 Å². The molecule has 2 aromatic carbocycles. The molecule has 4 N–H and O–H groups in total. The predicted octanol–water partition coefficient (Wildman–Crippen LogP) is 1.41. The van der Waals surface area contributed by atoms with Crippen molar-refractivity contribution < 1.29 is 23.6 Å². The highest BCUT2D eigenvalue weighted by molar-refractivity contribution is 7.89. The zero-order valence-electron chi connectivity index (χ0n) is 16.6. The van der Waals surface area contributed by atoms with Crippen LogP contribution >= 0.6 is 0 Å². The number of nitrogens with one attached hydrogen (secondary N) is 2. The van der Waals surface area contributed by atoms with Crippen LogP contribution in [0.25, 0.3) is 0 Å². The van der Waals surface area contributed by atoms with E-state index in [-0.39, 0.29) is 29.5 Å². The van der Waals surface area contributed by atoms with Crippen molar-refractivity contribution in [1.29, 1.82) is 0 Å². The van der Waals surface area contributed by atoms with Crippen LogP contribution < -0.4 is 10.0 Å². The number of nitrogens with zero attached hydrogens (tertiary/aromatic N) is 1. The highest BCUT2D eigenvalue weighted by Crippen LogP contribution is 2.19. The van der Waals surface area contributed by atoms with Crippen LogP contribution in [0.3, 0.4) is 0 Å². The molecule has 0 aromatic heterocycles. The van der Waals surface area contributed by atoms with Crippen LogP contribution in [0, 0.1) is 16.0 Å². The maximum absolute atomic E-state index is 12.4. The Labute approximate surface area is 176 Å². The minimum Gasteiger partial charge on any atom is -0.392 e. The summed E-state index contributed by atoms with van der Waals surface area (Å²) >= 11 is 0. The second kappa shape index (κ2) is 11.1. The van der Waals surface area contributed by atoms with Crippen LogP contribution in [0.1, 0.15) is 18.9 Å². The molecule has 0 aliphatic rings. The topological polar surface area (TPSA) is 142 Å². The Morgan fingerprint density at radius 3 is 2.27 bits per heavy atom. The summed E-state index contributed by atoms with van der Waals surface area (Å²) < 4.78 is 27.1. The Morgan fingerprint density at radius 1 is 1.07 bits per heavy atom. The molecule has 1 unspecified atom stereocenters. The summed E-state index contributed by atoms with van der Waals surface area (Å²) in [5.74, 6) is -0.328. The average Bonchev–Trinajstić information content (AvgIpc) is 2.73. The molecule has 0 saturated carbocycles. The molecule has 0 saturated heterocycles. The Kier molecular flexibility index (Phi) is 8.88. The molecule has 0 aliphatic carbocycles. The summed E-state index contributed by atoms with van der Waals surface area (Å²) in [5.41, 5.74) is 0.785. The number of benzene rings is 2. The number of hydrogen-bond acceptors (Lipinski definition) is 7. The molecule has 0 spiro atoms. The van der Waals surface area contributed by atoms with Crippen molar-refractivity contribution in [3.05, 3.63) is 70.3 Å². The average molecular weight is 438 g/mol. The fraction of sp³-hybridized carbons (Fsp3) is 0.400. The number of aliphatic hydroxyl groups is 2. The number of nitro benzene ring substituents is 1. The number of sulfonamides is 1. The van der Waals surface area contributed by atoms with Gasteiger partial charge in [-0.2, -0.15) is 0 Å². The molecule has 0 bridgehead atoms. The van der Waals surface area contributed by atoms with E-state index in [0.717, 1.165) is 29.8 Å². The molecule has 0 aliphatic heterocycles. The fourth-order valence-corrected chi connectivity index (χ4v) is 4.16. The number of aliphatic hydroxyl groups excluding tert-OH is 2. The van der Waals surface area contributed by atoms with Gasteiger partial charge in [0, 0.05) is 24.6 Å². The highest BCUT2D eigenvalue weighted by atomic mass is 32.2. The van der Waals surface area contributed by atoms with Crippen molar-refractivity contribution in [2.45, 2.75) is 37.0 Å². The summed E-state index contributed by atoms with van der Waals surface area (Å²) in [7, 11) is -3.93. The lowest BCUT2D eigenvalue weighted by molar-refractivity contribution is -0.384. The minimum atomic E-state index is -3.93. The zero-order chi connectivity index (χ0) is 22.1. The maximum atomic E-state index is 12.4. The van der Waals surface area contributed by atoms with Gasteiger partial charge in [-0.15, -0.1) is 0 Å². The quantitative estimate of drug-likeness (QED) is 0.223. The van der Waals surface area contributed by atoms with Crippen molar-refractivity contribution in [3.63, 3.8) is 0 Å². The SMILES string of the molecule is CCNC(O)[C@@H](Cc1ccccc1)C[C@H](O)CNS(=O)(=O)c1ccc([N+](=O)[O-])cc1. The Balaban J connectivity index is 1.99. The smallest absolute Gasteiger partial charge is 0.269 e.